The molecule has 0 fully saturated rings. The van der Waals surface area contributed by atoms with Crippen LogP contribution in [-0.4, -0.2) is 32.7 Å². The van der Waals surface area contributed by atoms with Crippen molar-refractivity contribution in [2.24, 2.45) is 0 Å². The van der Waals surface area contributed by atoms with Crippen LogP contribution in [0, 0.1) is 0 Å². The van der Waals surface area contributed by atoms with Gasteiger partial charge in [-0.1, -0.05) is 6.08 Å². The van der Waals surface area contributed by atoms with Gasteiger partial charge < -0.3 is 9.05 Å². The lowest BCUT2D eigenvalue weighted by atomic mass is 10.8. The molecule has 0 bridgehead atoms. The zero-order chi connectivity index (χ0) is 10.2. The lowest BCUT2D eigenvalue weighted by Crippen LogP contribution is -2.03. The summed E-state index contributed by atoms with van der Waals surface area (Å²) in [4.78, 5) is 0. The van der Waals surface area contributed by atoms with Crippen LogP contribution in [0.15, 0.2) is 12.7 Å². The molecule has 13 heavy (non-hydrogen) atoms. The minimum atomic E-state index is -3.35. The molecule has 0 saturated heterocycles. The second-order valence-electron chi connectivity index (χ2n) is 2.13. The van der Waals surface area contributed by atoms with Crippen LogP contribution < -0.4 is 0 Å². The summed E-state index contributed by atoms with van der Waals surface area (Å²) < 4.78 is 44.1. The molecule has 0 heterocycles. The largest absolute Gasteiger partial charge is 0.334 e. The molecule has 0 spiro atoms. The van der Waals surface area contributed by atoms with Crippen LogP contribution >= 0.6 is 7.60 Å². The van der Waals surface area contributed by atoms with Crippen molar-refractivity contribution in [2.45, 2.75) is 0 Å². The molecule has 0 atom stereocenters. The van der Waals surface area contributed by atoms with Crippen molar-refractivity contribution >= 4 is 7.60 Å². The van der Waals surface area contributed by atoms with E-state index in [0.29, 0.717) is 0 Å². The number of halogens is 2. The molecule has 0 aliphatic rings. The maximum Gasteiger partial charge on any atom is 0.334 e. The molecule has 0 aliphatic carbocycles. The molecule has 0 unspecified atom stereocenters. The Kier molecular flexibility index (Phi) is 7.04. The number of rotatable bonds is 8. The molecule has 0 radical (unpaired) electrons. The van der Waals surface area contributed by atoms with Crippen molar-refractivity contribution in [2.75, 3.05) is 32.7 Å². The minimum absolute atomic E-state index is 0.0347. The van der Waals surface area contributed by atoms with Gasteiger partial charge >= 0.3 is 7.60 Å². The van der Waals surface area contributed by atoms with Crippen LogP contribution in [0.1, 0.15) is 0 Å². The highest BCUT2D eigenvalue weighted by Gasteiger charge is 2.22. The SMILES string of the molecule is C=CCP(=O)(OCCF)OCCF. The molecule has 78 valence electrons. The fraction of sp³-hybridized carbons (Fsp3) is 0.714. The maximum atomic E-state index is 11.7. The predicted octanol–water partition coefficient (Wildman–Crippen LogP) is 2.34. The average Bonchev–Trinajstić information content (AvgIpc) is 2.12. The second-order valence-corrected chi connectivity index (χ2v) is 4.23. The second kappa shape index (κ2) is 7.18. The standard InChI is InChI=1S/C7H13F2O3P/c1-2-7-13(10,11-5-3-8)12-6-4-9/h2H,1,3-7H2. The topological polar surface area (TPSA) is 35.5 Å². The summed E-state index contributed by atoms with van der Waals surface area (Å²) in [5, 5.41) is 0. The Hall–Kier alpha value is -0.250. The van der Waals surface area contributed by atoms with Crippen molar-refractivity contribution in [3.8, 4) is 0 Å². The average molecular weight is 214 g/mol. The highest BCUT2D eigenvalue weighted by Crippen LogP contribution is 2.47. The molecular formula is C7H13F2O3P. The highest BCUT2D eigenvalue weighted by atomic mass is 31.2. The van der Waals surface area contributed by atoms with Crippen molar-refractivity contribution in [3.05, 3.63) is 12.7 Å². The van der Waals surface area contributed by atoms with E-state index in [1.165, 1.54) is 6.08 Å². The molecular weight excluding hydrogens is 201 g/mol. The van der Waals surface area contributed by atoms with E-state index in [0.717, 1.165) is 0 Å². The molecule has 0 saturated carbocycles. The number of allylic oxidation sites excluding steroid dienone is 1. The van der Waals surface area contributed by atoms with Crippen LogP contribution in [0.5, 0.6) is 0 Å². The number of alkyl halides is 2. The molecule has 0 amide bonds. The Morgan fingerprint density at radius 3 is 2.00 bits per heavy atom. The highest BCUT2D eigenvalue weighted by molar-refractivity contribution is 7.54. The Labute approximate surface area is 76.3 Å². The van der Waals surface area contributed by atoms with Gasteiger partial charge in [-0.15, -0.1) is 6.58 Å². The molecule has 3 nitrogen and oxygen atoms in total. The summed E-state index contributed by atoms with van der Waals surface area (Å²) in [5.41, 5.74) is 0. The van der Waals surface area contributed by atoms with E-state index < -0.39 is 20.9 Å². The van der Waals surface area contributed by atoms with Crippen LogP contribution in [0.25, 0.3) is 0 Å². The summed E-state index contributed by atoms with van der Waals surface area (Å²) in [5.74, 6) is 0. The van der Waals surface area contributed by atoms with Crippen LogP contribution in [0.4, 0.5) is 8.78 Å². The Balaban J connectivity index is 3.99. The van der Waals surface area contributed by atoms with Crippen LogP contribution in [0.2, 0.25) is 0 Å². The summed E-state index contributed by atoms with van der Waals surface area (Å²) in [7, 11) is -3.35. The first kappa shape index (κ1) is 12.8. The molecule has 0 aromatic rings. The lowest BCUT2D eigenvalue weighted by Gasteiger charge is -2.15. The van der Waals surface area contributed by atoms with E-state index in [4.69, 9.17) is 0 Å². The fourth-order valence-electron chi connectivity index (χ4n) is 0.648. The van der Waals surface area contributed by atoms with Gasteiger partial charge in [0, 0.05) is 0 Å². The van der Waals surface area contributed by atoms with E-state index in [-0.39, 0.29) is 19.4 Å². The third-order valence-electron chi connectivity index (χ3n) is 1.08. The van der Waals surface area contributed by atoms with Gasteiger partial charge in [-0.05, 0) is 0 Å². The van der Waals surface area contributed by atoms with Crippen LogP contribution in [-0.2, 0) is 13.6 Å². The normalized spacial score (nSPS) is 11.5. The quantitative estimate of drug-likeness (QED) is 0.459. The molecule has 6 heteroatoms. The first-order valence-corrected chi connectivity index (χ1v) is 5.52. The predicted molar refractivity (Wildman–Crippen MR) is 46.5 cm³/mol. The van der Waals surface area contributed by atoms with Crippen molar-refractivity contribution < 1.29 is 22.4 Å². The van der Waals surface area contributed by atoms with E-state index in [9.17, 15) is 13.3 Å². The molecule has 0 aliphatic heterocycles. The molecule has 0 N–H and O–H groups in total. The number of hydrogen-bond donors (Lipinski definition) is 0. The third-order valence-corrected chi connectivity index (χ3v) is 2.94. The first-order valence-electron chi connectivity index (χ1n) is 3.79. The third kappa shape index (κ3) is 5.91. The van der Waals surface area contributed by atoms with Gasteiger partial charge in [0.1, 0.15) is 13.3 Å². The maximum absolute atomic E-state index is 11.7. The smallest absolute Gasteiger partial charge is 0.306 e. The minimum Gasteiger partial charge on any atom is -0.306 e. The van der Waals surface area contributed by atoms with Crippen molar-refractivity contribution in [1.29, 1.82) is 0 Å². The van der Waals surface area contributed by atoms with E-state index >= 15 is 0 Å². The zero-order valence-electron chi connectivity index (χ0n) is 7.25. The van der Waals surface area contributed by atoms with E-state index in [1.54, 1.807) is 0 Å². The Morgan fingerprint density at radius 2 is 1.69 bits per heavy atom. The summed E-state index contributed by atoms with van der Waals surface area (Å²) in [6.07, 6.45) is 1.30. The molecule has 0 aromatic carbocycles. The molecule has 0 aromatic heterocycles. The summed E-state index contributed by atoms with van der Waals surface area (Å²) in [6.45, 7) is 1.23. The van der Waals surface area contributed by atoms with E-state index in [1.807, 2.05) is 0 Å². The van der Waals surface area contributed by atoms with E-state index in [2.05, 4.69) is 15.6 Å². The Morgan fingerprint density at radius 1 is 1.23 bits per heavy atom. The van der Waals surface area contributed by atoms with Crippen LogP contribution in [0.3, 0.4) is 0 Å². The van der Waals surface area contributed by atoms with Crippen molar-refractivity contribution in [3.63, 3.8) is 0 Å². The van der Waals surface area contributed by atoms with Gasteiger partial charge in [0.25, 0.3) is 0 Å². The van der Waals surface area contributed by atoms with Gasteiger partial charge in [0.15, 0.2) is 0 Å². The van der Waals surface area contributed by atoms with Gasteiger partial charge in [-0.2, -0.15) is 0 Å². The summed E-state index contributed by atoms with van der Waals surface area (Å²) in [6, 6.07) is 0. The number of hydrogen-bond acceptors (Lipinski definition) is 3. The van der Waals surface area contributed by atoms with Gasteiger partial charge in [-0.25, -0.2) is 8.78 Å². The first-order chi connectivity index (χ1) is 6.18. The lowest BCUT2D eigenvalue weighted by molar-refractivity contribution is 0.183. The van der Waals surface area contributed by atoms with Gasteiger partial charge in [-0.3, -0.25) is 4.57 Å². The zero-order valence-corrected chi connectivity index (χ0v) is 8.14. The van der Waals surface area contributed by atoms with Gasteiger partial charge in [0.05, 0.1) is 19.4 Å². The fourth-order valence-corrected chi connectivity index (χ4v) is 1.94. The van der Waals surface area contributed by atoms with Gasteiger partial charge in [0.2, 0.25) is 0 Å². The molecule has 0 rings (SSSR count). The monoisotopic (exact) mass is 214 g/mol. The summed E-state index contributed by atoms with van der Waals surface area (Å²) >= 11 is 0. The Bertz CT molecular complexity index is 175. The van der Waals surface area contributed by atoms with Crippen molar-refractivity contribution in [1.82, 2.24) is 0 Å².